The number of Topliss-reactive ketones (excluding diaryl/α,β-unsaturated/α-hetero) is 1. The summed E-state index contributed by atoms with van der Waals surface area (Å²) in [5.74, 6) is -2.11. The Balaban J connectivity index is 2.16. The quantitative estimate of drug-likeness (QED) is 0.201. The monoisotopic (exact) mass is 545 g/mol. The first-order chi connectivity index (χ1) is 18.1. The Morgan fingerprint density at radius 2 is 1.89 bits per heavy atom. The van der Waals surface area contributed by atoms with Crippen molar-refractivity contribution in [1.82, 2.24) is 5.32 Å². The molecule has 0 unspecified atom stereocenters. The Kier molecular flexibility index (Phi) is 10.0. The van der Waals surface area contributed by atoms with Crippen LogP contribution in [0, 0.1) is 11.8 Å². The van der Waals surface area contributed by atoms with Gasteiger partial charge in [-0.3, -0.25) is 14.4 Å². The van der Waals surface area contributed by atoms with Gasteiger partial charge in [0.2, 0.25) is 0 Å². The van der Waals surface area contributed by atoms with Gasteiger partial charge in [0.15, 0.2) is 17.3 Å². The van der Waals surface area contributed by atoms with E-state index in [1.165, 1.54) is 14.0 Å². The van der Waals surface area contributed by atoms with Crippen LogP contribution in [-0.2, 0) is 28.7 Å². The van der Waals surface area contributed by atoms with Gasteiger partial charge in [0.1, 0.15) is 12.5 Å². The molecule has 0 fully saturated rings. The van der Waals surface area contributed by atoms with Gasteiger partial charge >= 0.3 is 17.9 Å². The maximum atomic E-state index is 13.9. The number of hydrogen-bond acceptors (Lipinski definition) is 10. The molecule has 0 saturated heterocycles. The normalized spacial score (nSPS) is 20.9. The van der Waals surface area contributed by atoms with Crippen LogP contribution in [0.25, 0.3) is 0 Å². The van der Waals surface area contributed by atoms with E-state index in [0.717, 1.165) is 5.75 Å². The summed E-state index contributed by atoms with van der Waals surface area (Å²) in [6.45, 7) is 9.23. The van der Waals surface area contributed by atoms with Gasteiger partial charge in [0, 0.05) is 35.6 Å². The van der Waals surface area contributed by atoms with Crippen molar-refractivity contribution in [3.05, 3.63) is 46.3 Å². The summed E-state index contributed by atoms with van der Waals surface area (Å²) < 4.78 is 21.6. The molecular formula is C28H35NO8S. The van der Waals surface area contributed by atoms with E-state index >= 15 is 0 Å². The van der Waals surface area contributed by atoms with E-state index in [2.05, 4.69) is 5.32 Å². The minimum absolute atomic E-state index is 0.220. The molecule has 206 valence electrons. The van der Waals surface area contributed by atoms with Gasteiger partial charge < -0.3 is 24.3 Å². The summed E-state index contributed by atoms with van der Waals surface area (Å²) in [5, 5.41) is 3.25. The number of allylic oxidation sites excluding steroid dienone is 3. The lowest BCUT2D eigenvalue weighted by molar-refractivity contribution is -0.151. The van der Waals surface area contributed by atoms with Crippen molar-refractivity contribution in [3.63, 3.8) is 0 Å². The number of esters is 3. The third-order valence-corrected chi connectivity index (χ3v) is 7.35. The van der Waals surface area contributed by atoms with Crippen LogP contribution in [0.2, 0.25) is 0 Å². The fourth-order valence-corrected chi connectivity index (χ4v) is 5.40. The van der Waals surface area contributed by atoms with Gasteiger partial charge in [0.25, 0.3) is 0 Å². The number of nitrogens with one attached hydrogen (secondary N) is 1. The lowest BCUT2D eigenvalue weighted by Gasteiger charge is -2.38. The van der Waals surface area contributed by atoms with Gasteiger partial charge in [0.05, 0.1) is 19.3 Å². The zero-order valence-electron chi connectivity index (χ0n) is 22.7. The molecule has 1 aliphatic heterocycles. The van der Waals surface area contributed by atoms with E-state index in [0.29, 0.717) is 47.1 Å². The minimum Gasteiger partial charge on any atom is -0.490 e. The molecule has 38 heavy (non-hydrogen) atoms. The Hall–Kier alpha value is -3.27. The number of ketones is 1. The van der Waals surface area contributed by atoms with E-state index < -0.39 is 35.5 Å². The molecule has 0 bridgehead atoms. The largest absolute Gasteiger partial charge is 0.490 e. The van der Waals surface area contributed by atoms with E-state index in [-0.39, 0.29) is 23.8 Å². The molecule has 1 N–H and O–H groups in total. The summed E-state index contributed by atoms with van der Waals surface area (Å²) in [6.07, 6.45) is 0.425. The Morgan fingerprint density at radius 1 is 1.16 bits per heavy atom. The molecule has 1 aliphatic carbocycles. The topological polar surface area (TPSA) is 117 Å². The fraction of sp³-hybridized carbons (Fsp3) is 0.500. The molecular weight excluding hydrogens is 510 g/mol. The fourth-order valence-electron chi connectivity index (χ4n) is 4.91. The van der Waals surface area contributed by atoms with Gasteiger partial charge in [-0.15, -0.1) is 0 Å². The number of dihydropyridines is 1. The van der Waals surface area contributed by atoms with Crippen molar-refractivity contribution in [2.45, 2.75) is 47.0 Å². The van der Waals surface area contributed by atoms with Gasteiger partial charge in [-0.1, -0.05) is 19.9 Å². The number of rotatable bonds is 10. The summed E-state index contributed by atoms with van der Waals surface area (Å²) in [7, 11) is 1.26. The molecule has 9 nitrogen and oxygen atoms in total. The van der Waals surface area contributed by atoms with Crippen molar-refractivity contribution in [2.75, 3.05) is 31.8 Å². The number of thioether (sulfide) groups is 1. The zero-order valence-corrected chi connectivity index (χ0v) is 23.5. The highest BCUT2D eigenvalue weighted by atomic mass is 32.2. The molecule has 1 heterocycles. The third-order valence-electron chi connectivity index (χ3n) is 6.48. The number of ether oxygens (including phenoxy) is 4. The number of benzene rings is 1. The molecule has 1 aromatic carbocycles. The van der Waals surface area contributed by atoms with Crippen molar-refractivity contribution in [2.24, 2.45) is 11.8 Å². The summed E-state index contributed by atoms with van der Waals surface area (Å²) >= 11 is 1.65. The van der Waals surface area contributed by atoms with E-state index in [1.807, 2.05) is 13.8 Å². The maximum Gasteiger partial charge on any atom is 0.336 e. The molecule has 0 amide bonds. The Bertz CT molecular complexity index is 1170. The van der Waals surface area contributed by atoms with Crippen molar-refractivity contribution in [1.29, 1.82) is 0 Å². The summed E-state index contributed by atoms with van der Waals surface area (Å²) in [6, 6.07) is 4.93. The van der Waals surface area contributed by atoms with Gasteiger partial charge in [-0.25, -0.2) is 4.79 Å². The lowest BCUT2D eigenvalue weighted by Crippen LogP contribution is -2.43. The highest BCUT2D eigenvalue weighted by Crippen LogP contribution is 2.47. The number of methoxy groups -OCH3 is 1. The molecule has 0 radical (unpaired) electrons. The number of hydrogen-bond donors (Lipinski definition) is 1. The second kappa shape index (κ2) is 13.0. The summed E-state index contributed by atoms with van der Waals surface area (Å²) in [4.78, 5) is 51.6. The molecule has 0 saturated carbocycles. The van der Waals surface area contributed by atoms with Crippen LogP contribution in [0.15, 0.2) is 40.7 Å². The lowest BCUT2D eigenvalue weighted by atomic mass is 9.69. The Labute approximate surface area is 227 Å². The van der Waals surface area contributed by atoms with Crippen LogP contribution < -0.4 is 14.8 Å². The van der Waals surface area contributed by atoms with Crippen molar-refractivity contribution >= 4 is 35.5 Å². The van der Waals surface area contributed by atoms with Gasteiger partial charge in [-0.05, 0) is 49.6 Å². The molecule has 0 aromatic heterocycles. The smallest absolute Gasteiger partial charge is 0.336 e. The van der Waals surface area contributed by atoms with Crippen LogP contribution >= 0.6 is 11.8 Å². The zero-order chi connectivity index (χ0) is 28.0. The number of carbonyl (C=O) groups is 4. The second-order valence-electron chi connectivity index (χ2n) is 9.10. The minimum atomic E-state index is -0.994. The predicted molar refractivity (Wildman–Crippen MR) is 143 cm³/mol. The maximum absolute atomic E-state index is 13.9. The van der Waals surface area contributed by atoms with Crippen molar-refractivity contribution < 1.29 is 38.1 Å². The first-order valence-corrected chi connectivity index (χ1v) is 13.8. The van der Waals surface area contributed by atoms with Crippen LogP contribution in [-0.4, -0.2) is 55.5 Å². The van der Waals surface area contributed by atoms with E-state index in [4.69, 9.17) is 18.9 Å². The SMILES string of the molecule is CCOc1cc([C@@H]2C(C(=O)OCCSCC)=C(C)NC3=C2C(=O)[C@H](C(=O)OC)[C@@H](C)C3)ccc1OC(C)=O. The van der Waals surface area contributed by atoms with Crippen LogP contribution in [0.4, 0.5) is 0 Å². The summed E-state index contributed by atoms with van der Waals surface area (Å²) in [5.41, 5.74) is 2.39. The standard InChI is InChI=1S/C28H35NO8S/c1-7-35-21-14-18(9-10-20(21)37-17(5)30)24-23(28(33)36-11-12-38-8-2)16(4)29-19-13-15(3)22(27(32)34-6)26(31)25(19)24/h9-10,14-15,22,24,29H,7-8,11-13H2,1-6H3/t15-,22+,24+/m0/s1. The average Bonchev–Trinajstić information content (AvgIpc) is 2.86. The average molecular weight is 546 g/mol. The molecule has 2 aliphatic rings. The first-order valence-electron chi connectivity index (χ1n) is 12.7. The van der Waals surface area contributed by atoms with Gasteiger partial charge in [-0.2, -0.15) is 11.8 Å². The highest BCUT2D eigenvalue weighted by molar-refractivity contribution is 7.99. The molecule has 0 spiro atoms. The van der Waals surface area contributed by atoms with Crippen LogP contribution in [0.5, 0.6) is 11.5 Å². The van der Waals surface area contributed by atoms with Crippen LogP contribution in [0.1, 0.15) is 52.5 Å². The highest BCUT2D eigenvalue weighted by Gasteiger charge is 2.47. The van der Waals surface area contributed by atoms with Crippen LogP contribution in [0.3, 0.4) is 0 Å². The van der Waals surface area contributed by atoms with E-state index in [1.54, 1.807) is 43.8 Å². The molecule has 1 aromatic rings. The predicted octanol–water partition coefficient (Wildman–Crippen LogP) is 3.92. The molecule has 10 heteroatoms. The van der Waals surface area contributed by atoms with Crippen molar-refractivity contribution in [3.8, 4) is 11.5 Å². The second-order valence-corrected chi connectivity index (χ2v) is 10.5. The molecule has 3 rings (SSSR count). The third kappa shape index (κ3) is 6.23. The Morgan fingerprint density at radius 3 is 2.53 bits per heavy atom. The first kappa shape index (κ1) is 29.3. The van der Waals surface area contributed by atoms with E-state index in [9.17, 15) is 19.2 Å². The number of carbonyl (C=O) groups excluding carboxylic acids is 4. The molecule has 3 atom stereocenters.